The van der Waals surface area contributed by atoms with Crippen LogP contribution in [0.25, 0.3) is 16.8 Å². The van der Waals surface area contributed by atoms with E-state index in [2.05, 4.69) is 5.32 Å². The van der Waals surface area contributed by atoms with E-state index in [4.69, 9.17) is 4.74 Å². The van der Waals surface area contributed by atoms with Crippen molar-refractivity contribution in [2.24, 2.45) is 0 Å². The van der Waals surface area contributed by atoms with E-state index >= 15 is 0 Å². The van der Waals surface area contributed by atoms with Gasteiger partial charge in [0, 0.05) is 5.39 Å². The van der Waals surface area contributed by atoms with Gasteiger partial charge in [-0.2, -0.15) is 16.2 Å². The average Bonchev–Trinajstić information content (AvgIpc) is 2.93. The molecule has 1 aliphatic rings. The lowest BCUT2D eigenvalue weighted by molar-refractivity contribution is -0.131. The molecule has 1 N–H and O–H groups in total. The monoisotopic (exact) mass is 423 g/mol. The average molecular weight is 423 g/mol. The highest BCUT2D eigenvalue weighted by Gasteiger charge is 2.32. The molecule has 0 fully saturated rings. The van der Waals surface area contributed by atoms with Gasteiger partial charge in [-0.3, -0.25) is 4.79 Å². The maximum Gasteiger partial charge on any atom is 0.408 e. The Labute approximate surface area is 166 Å². The molecule has 28 heavy (non-hydrogen) atoms. The quantitative estimate of drug-likeness (QED) is 0.688. The molecule has 148 valence electrons. The van der Waals surface area contributed by atoms with E-state index in [-0.39, 0.29) is 16.2 Å². The van der Waals surface area contributed by atoms with Gasteiger partial charge in [0.25, 0.3) is 0 Å². The van der Waals surface area contributed by atoms with Crippen molar-refractivity contribution in [3.63, 3.8) is 0 Å². The molecular weight excluding hydrogens is 405 g/mol. The van der Waals surface area contributed by atoms with Crippen molar-refractivity contribution < 1.29 is 27.1 Å². The molecule has 6 nitrogen and oxygen atoms in total. The summed E-state index contributed by atoms with van der Waals surface area (Å²) in [5, 5.41) is 3.51. The zero-order valence-electron chi connectivity index (χ0n) is 15.0. The van der Waals surface area contributed by atoms with Crippen LogP contribution in [0, 0.1) is 0 Å². The van der Waals surface area contributed by atoms with Gasteiger partial charge in [0.05, 0.1) is 9.80 Å². The van der Waals surface area contributed by atoms with Crippen LogP contribution in [0.3, 0.4) is 0 Å². The van der Waals surface area contributed by atoms with Gasteiger partial charge in [-0.05, 0) is 35.5 Å². The zero-order valence-corrected chi connectivity index (χ0v) is 16.6. The van der Waals surface area contributed by atoms with Crippen LogP contribution in [0.15, 0.2) is 46.2 Å². The minimum absolute atomic E-state index is 0.0683. The van der Waals surface area contributed by atoms with Crippen LogP contribution in [0.1, 0.15) is 12.0 Å². The number of rotatable bonds is 7. The van der Waals surface area contributed by atoms with Gasteiger partial charge in [-0.1, -0.05) is 36.4 Å². The standard InChI is InChI=1S/C19H18FNO5S2/c1-27-9-8-16(18(20)22)21-19(23)26-11-14-10-13-7-6-12-4-2-3-5-15(12)17(13)28(14,24)25/h2-7,10,16H,8-9,11H2,1H3,(H,21,23)/t16-/m0/s1. The maximum absolute atomic E-state index is 13.0. The Morgan fingerprint density at radius 1 is 1.21 bits per heavy atom. The third-order valence-electron chi connectivity index (χ3n) is 4.36. The van der Waals surface area contributed by atoms with Crippen molar-refractivity contribution in [3.05, 3.63) is 46.9 Å². The molecular formula is C19H18FNO5S2. The van der Waals surface area contributed by atoms with E-state index in [0.717, 1.165) is 5.39 Å². The molecule has 1 aliphatic heterocycles. The first-order valence-corrected chi connectivity index (χ1v) is 11.3. The van der Waals surface area contributed by atoms with Gasteiger partial charge in [0.15, 0.2) is 0 Å². The molecule has 0 aromatic heterocycles. The fourth-order valence-corrected chi connectivity index (χ4v) is 5.12. The third kappa shape index (κ3) is 4.05. The van der Waals surface area contributed by atoms with Crippen LogP contribution in [0.4, 0.5) is 9.18 Å². The number of thioether (sulfide) groups is 1. The first-order valence-electron chi connectivity index (χ1n) is 8.43. The highest BCUT2D eigenvalue weighted by Crippen LogP contribution is 2.38. The molecule has 0 spiro atoms. The number of fused-ring (bicyclic) bond motifs is 3. The lowest BCUT2D eigenvalue weighted by Crippen LogP contribution is -2.40. The van der Waals surface area contributed by atoms with Gasteiger partial charge in [0.2, 0.25) is 9.84 Å². The number of benzene rings is 2. The van der Waals surface area contributed by atoms with Gasteiger partial charge in [-0.15, -0.1) is 0 Å². The van der Waals surface area contributed by atoms with E-state index in [1.807, 2.05) is 18.2 Å². The SMILES string of the molecule is CSCC[C@H](NC(=O)OCC1=Cc2ccc3ccccc3c2S1(=O)=O)C(=O)F. The number of halogens is 1. The summed E-state index contributed by atoms with van der Waals surface area (Å²) < 4.78 is 43.7. The highest BCUT2D eigenvalue weighted by molar-refractivity contribution is 7.98. The fourth-order valence-electron chi connectivity index (χ4n) is 2.97. The van der Waals surface area contributed by atoms with E-state index in [1.54, 1.807) is 24.5 Å². The normalized spacial score (nSPS) is 15.6. The summed E-state index contributed by atoms with van der Waals surface area (Å²) in [6, 6.07) is 7.64. The van der Waals surface area contributed by atoms with Crippen molar-refractivity contribution in [2.45, 2.75) is 17.4 Å². The summed E-state index contributed by atoms with van der Waals surface area (Å²) in [6.45, 7) is -0.507. The lowest BCUT2D eigenvalue weighted by atomic mass is 10.1. The Morgan fingerprint density at radius 2 is 1.96 bits per heavy atom. The molecule has 0 radical (unpaired) electrons. The number of ether oxygens (including phenoxy) is 1. The number of hydrogen-bond donors (Lipinski definition) is 1. The first kappa shape index (κ1) is 20.3. The number of carbonyl (C=O) groups excluding carboxylic acids is 2. The number of hydrogen-bond acceptors (Lipinski definition) is 6. The molecule has 0 saturated heterocycles. The molecule has 0 bridgehead atoms. The second-order valence-corrected chi connectivity index (χ2v) is 9.10. The molecule has 1 heterocycles. The third-order valence-corrected chi connectivity index (χ3v) is 6.93. The van der Waals surface area contributed by atoms with Gasteiger partial charge in [0.1, 0.15) is 12.6 Å². The van der Waals surface area contributed by atoms with Gasteiger partial charge in [-0.25, -0.2) is 13.2 Å². The number of amides is 1. The molecule has 0 unspecified atom stereocenters. The Kier molecular flexibility index (Phi) is 6.04. The molecule has 2 aromatic rings. The Hall–Kier alpha value is -2.39. The smallest absolute Gasteiger partial charge is 0.408 e. The predicted octanol–water partition coefficient (Wildman–Crippen LogP) is 3.31. The highest BCUT2D eigenvalue weighted by atomic mass is 32.2. The first-order chi connectivity index (χ1) is 13.3. The molecule has 2 aromatic carbocycles. The molecule has 3 rings (SSSR count). The largest absolute Gasteiger partial charge is 0.444 e. The number of carbonyl (C=O) groups is 2. The van der Waals surface area contributed by atoms with E-state index in [9.17, 15) is 22.4 Å². The summed E-state index contributed by atoms with van der Waals surface area (Å²) in [5.74, 6) is 0.475. The van der Waals surface area contributed by atoms with Crippen LogP contribution in [-0.4, -0.2) is 45.2 Å². The number of sulfone groups is 1. The van der Waals surface area contributed by atoms with E-state index in [0.29, 0.717) is 16.7 Å². The Balaban J connectivity index is 1.72. The summed E-state index contributed by atoms with van der Waals surface area (Å²) in [6.07, 6.45) is 2.31. The topological polar surface area (TPSA) is 89.5 Å². The summed E-state index contributed by atoms with van der Waals surface area (Å²) in [4.78, 5) is 23.0. The van der Waals surface area contributed by atoms with E-state index in [1.165, 1.54) is 17.8 Å². The fraction of sp³-hybridized carbons (Fsp3) is 0.263. The molecule has 0 aliphatic carbocycles. The van der Waals surface area contributed by atoms with Gasteiger partial charge >= 0.3 is 12.1 Å². The summed E-state index contributed by atoms with van der Waals surface area (Å²) in [7, 11) is -3.82. The molecule has 0 saturated carbocycles. The molecule has 9 heteroatoms. The van der Waals surface area contributed by atoms with Crippen LogP contribution in [0.5, 0.6) is 0 Å². The molecule has 1 amide bonds. The van der Waals surface area contributed by atoms with Crippen molar-refractivity contribution in [1.29, 1.82) is 0 Å². The number of alkyl carbamates (subject to hydrolysis) is 1. The van der Waals surface area contributed by atoms with Crippen molar-refractivity contribution in [1.82, 2.24) is 5.32 Å². The minimum atomic E-state index is -3.82. The van der Waals surface area contributed by atoms with E-state index < -0.39 is 34.6 Å². The van der Waals surface area contributed by atoms with Crippen LogP contribution < -0.4 is 5.32 Å². The Bertz CT molecular complexity index is 1070. The second kappa shape index (κ2) is 8.32. The van der Waals surface area contributed by atoms with Gasteiger partial charge < -0.3 is 10.1 Å². The van der Waals surface area contributed by atoms with Crippen LogP contribution in [-0.2, 0) is 19.4 Å². The predicted molar refractivity (Wildman–Crippen MR) is 106 cm³/mol. The van der Waals surface area contributed by atoms with Crippen molar-refractivity contribution in [2.75, 3.05) is 18.6 Å². The number of nitrogens with one attached hydrogen (secondary N) is 1. The minimum Gasteiger partial charge on any atom is -0.444 e. The second-order valence-electron chi connectivity index (χ2n) is 6.18. The summed E-state index contributed by atoms with van der Waals surface area (Å²) in [5.41, 5.74) is 0.523. The zero-order chi connectivity index (χ0) is 20.3. The van der Waals surface area contributed by atoms with Crippen LogP contribution in [0.2, 0.25) is 0 Å². The van der Waals surface area contributed by atoms with Crippen molar-refractivity contribution in [3.8, 4) is 0 Å². The lowest BCUT2D eigenvalue weighted by Gasteiger charge is -2.13. The van der Waals surface area contributed by atoms with Crippen LogP contribution >= 0.6 is 11.8 Å². The summed E-state index contributed by atoms with van der Waals surface area (Å²) >= 11 is 1.40. The molecule has 1 atom stereocenters. The van der Waals surface area contributed by atoms with Crippen molar-refractivity contribution >= 4 is 50.6 Å². The maximum atomic E-state index is 13.0. The Morgan fingerprint density at radius 3 is 2.68 bits per heavy atom.